The first-order valence-corrected chi connectivity index (χ1v) is 12.0. The van der Waals surface area contributed by atoms with Crippen LogP contribution in [0.15, 0.2) is 78.9 Å². The number of nitrogens with one attached hydrogen (secondary N) is 2. The molecule has 3 aromatic rings. The van der Waals surface area contributed by atoms with Gasteiger partial charge in [-0.15, -0.1) is 0 Å². The summed E-state index contributed by atoms with van der Waals surface area (Å²) in [7, 11) is 1.47. The number of hydrogen-bond acceptors (Lipinski definition) is 6. The van der Waals surface area contributed by atoms with Crippen LogP contribution in [0.1, 0.15) is 37.0 Å². The van der Waals surface area contributed by atoms with Crippen molar-refractivity contribution in [3.05, 3.63) is 90.0 Å². The number of allylic oxidation sites excluding steroid dienone is 1. The van der Waals surface area contributed by atoms with Crippen LogP contribution in [-0.4, -0.2) is 24.2 Å². The highest BCUT2D eigenvalue weighted by Crippen LogP contribution is 2.35. The standard InChI is InChI=1S/C29H33N3O5/c1-19-12-15-22(16-13-19)31-29(35)37-28(21-14-17-26(36-3)25(33)18-21)20(2)8-4-7-11-27(34)32-24-10-6-5-9-23(24)30/h5-7,9-18,20,28,33H,4,8,30H2,1-3H3,(H,31,35)(H,32,34)/b11-7+/t20-,28-/m1/s1. The van der Waals surface area contributed by atoms with E-state index in [4.69, 9.17) is 15.2 Å². The van der Waals surface area contributed by atoms with E-state index in [1.54, 1.807) is 54.6 Å². The molecule has 2 atom stereocenters. The lowest BCUT2D eigenvalue weighted by Crippen LogP contribution is -2.22. The van der Waals surface area contributed by atoms with E-state index in [1.165, 1.54) is 19.3 Å². The van der Waals surface area contributed by atoms with Crippen molar-refractivity contribution in [2.75, 3.05) is 23.5 Å². The van der Waals surface area contributed by atoms with Gasteiger partial charge in [-0.3, -0.25) is 10.1 Å². The third-order valence-corrected chi connectivity index (χ3v) is 5.86. The first-order valence-electron chi connectivity index (χ1n) is 12.0. The van der Waals surface area contributed by atoms with Crippen molar-refractivity contribution in [3.8, 4) is 11.5 Å². The molecular weight excluding hydrogens is 470 g/mol. The van der Waals surface area contributed by atoms with Gasteiger partial charge in [0.15, 0.2) is 11.5 Å². The van der Waals surface area contributed by atoms with Crippen LogP contribution in [0.2, 0.25) is 0 Å². The number of nitrogens with two attached hydrogens (primary N) is 1. The van der Waals surface area contributed by atoms with Gasteiger partial charge in [0.25, 0.3) is 0 Å². The van der Waals surface area contributed by atoms with E-state index >= 15 is 0 Å². The molecular formula is C29H33N3O5. The lowest BCUT2D eigenvalue weighted by atomic mass is 9.92. The molecule has 0 aliphatic rings. The number of ether oxygens (including phenoxy) is 2. The van der Waals surface area contributed by atoms with Gasteiger partial charge in [0.2, 0.25) is 5.91 Å². The molecule has 0 saturated carbocycles. The second-order valence-electron chi connectivity index (χ2n) is 8.78. The second-order valence-corrected chi connectivity index (χ2v) is 8.78. The van der Waals surface area contributed by atoms with Crippen LogP contribution in [-0.2, 0) is 9.53 Å². The molecule has 2 amide bonds. The Hall–Kier alpha value is -4.46. The highest BCUT2D eigenvalue weighted by molar-refractivity contribution is 6.01. The molecule has 3 aromatic carbocycles. The molecule has 37 heavy (non-hydrogen) atoms. The highest BCUT2D eigenvalue weighted by atomic mass is 16.6. The summed E-state index contributed by atoms with van der Waals surface area (Å²) in [6, 6.07) is 19.3. The van der Waals surface area contributed by atoms with Gasteiger partial charge in [0, 0.05) is 5.69 Å². The Kier molecular flexibility index (Phi) is 9.55. The molecule has 5 N–H and O–H groups in total. The Labute approximate surface area is 217 Å². The summed E-state index contributed by atoms with van der Waals surface area (Å²) in [5, 5.41) is 15.8. The third kappa shape index (κ3) is 8.03. The van der Waals surface area contributed by atoms with Crippen molar-refractivity contribution in [3.63, 3.8) is 0 Å². The smallest absolute Gasteiger partial charge is 0.412 e. The van der Waals surface area contributed by atoms with E-state index in [-0.39, 0.29) is 17.6 Å². The van der Waals surface area contributed by atoms with E-state index in [0.717, 1.165) is 5.56 Å². The van der Waals surface area contributed by atoms with Crippen LogP contribution < -0.4 is 21.1 Å². The molecule has 0 aliphatic heterocycles. The van der Waals surface area contributed by atoms with Crippen molar-refractivity contribution in [2.45, 2.75) is 32.8 Å². The number of nitrogen functional groups attached to an aromatic ring is 1. The first kappa shape index (κ1) is 27.1. The summed E-state index contributed by atoms with van der Waals surface area (Å²) in [4.78, 5) is 24.9. The van der Waals surface area contributed by atoms with Gasteiger partial charge in [-0.05, 0) is 73.7 Å². The molecule has 0 aliphatic carbocycles. The number of rotatable bonds is 10. The number of anilines is 3. The number of methoxy groups -OCH3 is 1. The van der Waals surface area contributed by atoms with Gasteiger partial charge in [-0.1, -0.05) is 48.9 Å². The number of phenols is 1. The van der Waals surface area contributed by atoms with Crippen LogP contribution in [0.3, 0.4) is 0 Å². The van der Waals surface area contributed by atoms with Gasteiger partial charge >= 0.3 is 6.09 Å². The first-order chi connectivity index (χ1) is 17.8. The van der Waals surface area contributed by atoms with Crippen molar-refractivity contribution in [1.29, 1.82) is 0 Å². The molecule has 0 radical (unpaired) electrons. The summed E-state index contributed by atoms with van der Waals surface area (Å²) >= 11 is 0. The number of aryl methyl sites for hydroxylation is 1. The molecule has 8 heteroatoms. The zero-order valence-corrected chi connectivity index (χ0v) is 21.2. The van der Waals surface area contributed by atoms with E-state index < -0.39 is 12.2 Å². The summed E-state index contributed by atoms with van der Waals surface area (Å²) in [5.41, 5.74) is 9.23. The average Bonchev–Trinajstić information content (AvgIpc) is 2.88. The summed E-state index contributed by atoms with van der Waals surface area (Å²) < 4.78 is 10.9. The summed E-state index contributed by atoms with van der Waals surface area (Å²) in [6.45, 7) is 3.91. The molecule has 0 heterocycles. The number of hydrogen-bond donors (Lipinski definition) is 4. The quantitative estimate of drug-likeness (QED) is 0.193. The van der Waals surface area contributed by atoms with Crippen LogP contribution >= 0.6 is 0 Å². The maximum absolute atomic E-state index is 12.7. The number of benzene rings is 3. The van der Waals surface area contributed by atoms with Crippen LogP contribution in [0.4, 0.5) is 21.9 Å². The minimum Gasteiger partial charge on any atom is -0.504 e. The monoisotopic (exact) mass is 503 g/mol. The number of carbonyl (C=O) groups excluding carboxylic acids is 2. The Bertz CT molecular complexity index is 1240. The minimum absolute atomic E-state index is 0.0449. The summed E-state index contributed by atoms with van der Waals surface area (Å²) in [5.74, 6) is -0.131. The van der Waals surface area contributed by atoms with Crippen LogP contribution in [0.5, 0.6) is 11.5 Å². The molecule has 3 rings (SSSR count). The lowest BCUT2D eigenvalue weighted by molar-refractivity contribution is -0.111. The van der Waals surface area contributed by atoms with Crippen molar-refractivity contribution >= 4 is 29.1 Å². The Morgan fingerprint density at radius 1 is 1.05 bits per heavy atom. The molecule has 0 bridgehead atoms. The molecule has 0 spiro atoms. The fourth-order valence-electron chi connectivity index (χ4n) is 3.78. The summed E-state index contributed by atoms with van der Waals surface area (Å²) in [6.07, 6.45) is 3.16. The largest absolute Gasteiger partial charge is 0.504 e. The predicted molar refractivity (Wildman–Crippen MR) is 146 cm³/mol. The second kappa shape index (κ2) is 13.0. The number of carbonyl (C=O) groups is 2. The van der Waals surface area contributed by atoms with Gasteiger partial charge in [-0.25, -0.2) is 4.79 Å². The van der Waals surface area contributed by atoms with Crippen molar-refractivity contribution in [1.82, 2.24) is 0 Å². The number of aromatic hydroxyl groups is 1. The third-order valence-electron chi connectivity index (χ3n) is 5.86. The van der Waals surface area contributed by atoms with Crippen LogP contribution in [0.25, 0.3) is 0 Å². The number of para-hydroxylation sites is 2. The molecule has 194 valence electrons. The lowest BCUT2D eigenvalue weighted by Gasteiger charge is -2.25. The Balaban J connectivity index is 1.66. The van der Waals surface area contributed by atoms with Gasteiger partial charge in [-0.2, -0.15) is 0 Å². The van der Waals surface area contributed by atoms with E-state index in [9.17, 15) is 14.7 Å². The van der Waals surface area contributed by atoms with Gasteiger partial charge in [0.05, 0.1) is 18.5 Å². The van der Waals surface area contributed by atoms with E-state index in [2.05, 4.69) is 10.6 Å². The fraction of sp³-hybridized carbons (Fsp3) is 0.241. The predicted octanol–water partition coefficient (Wildman–Crippen LogP) is 6.19. The van der Waals surface area contributed by atoms with Crippen molar-refractivity contribution in [2.24, 2.45) is 5.92 Å². The van der Waals surface area contributed by atoms with E-state index in [1.807, 2.05) is 26.0 Å². The van der Waals surface area contributed by atoms with Crippen LogP contribution in [0, 0.1) is 12.8 Å². The fourth-order valence-corrected chi connectivity index (χ4v) is 3.78. The Morgan fingerprint density at radius 2 is 1.78 bits per heavy atom. The molecule has 0 saturated heterocycles. The van der Waals surface area contributed by atoms with Gasteiger partial charge in [0.1, 0.15) is 6.10 Å². The normalized spacial score (nSPS) is 12.5. The van der Waals surface area contributed by atoms with Crippen molar-refractivity contribution < 1.29 is 24.2 Å². The number of amides is 2. The topological polar surface area (TPSA) is 123 Å². The molecule has 8 nitrogen and oxygen atoms in total. The zero-order valence-electron chi connectivity index (χ0n) is 21.2. The molecule has 0 fully saturated rings. The number of phenolic OH excluding ortho intramolecular Hbond substituents is 1. The highest BCUT2D eigenvalue weighted by Gasteiger charge is 2.24. The molecule has 0 unspecified atom stereocenters. The van der Waals surface area contributed by atoms with Gasteiger partial charge < -0.3 is 25.6 Å². The molecule has 0 aromatic heterocycles. The maximum Gasteiger partial charge on any atom is 0.412 e. The zero-order chi connectivity index (χ0) is 26.8. The Morgan fingerprint density at radius 3 is 2.46 bits per heavy atom. The average molecular weight is 504 g/mol. The minimum atomic E-state index is -0.645. The van der Waals surface area contributed by atoms with E-state index in [0.29, 0.717) is 41.2 Å². The maximum atomic E-state index is 12.7. The SMILES string of the molecule is COc1ccc([C@H](OC(=O)Nc2ccc(C)cc2)[C@H](C)CC/C=C/C(=O)Nc2ccccc2N)cc1O.